The van der Waals surface area contributed by atoms with Crippen LogP contribution < -0.4 is 5.56 Å². The second-order valence-corrected chi connectivity index (χ2v) is 6.66. The molecule has 0 aliphatic heterocycles. The topological polar surface area (TPSA) is 81.2 Å². The molecule has 0 unspecified atom stereocenters. The molecule has 0 spiro atoms. The van der Waals surface area contributed by atoms with E-state index in [1.54, 1.807) is 29.2 Å². The van der Waals surface area contributed by atoms with Crippen LogP contribution in [-0.4, -0.2) is 38.6 Å². The Bertz CT molecular complexity index is 994. The normalized spacial score (nSPS) is 11.1. The fraction of sp³-hybridized carbons (Fsp3) is 0.368. The number of carbonyl (C=O) groups is 1. The summed E-state index contributed by atoms with van der Waals surface area (Å²) in [6.07, 6.45) is 3.26. The molecule has 0 saturated heterocycles. The van der Waals surface area contributed by atoms with E-state index in [-0.39, 0.29) is 29.1 Å². The molecule has 0 bridgehead atoms. The van der Waals surface area contributed by atoms with E-state index in [1.807, 2.05) is 6.92 Å². The third-order valence-corrected chi connectivity index (χ3v) is 4.65. The molecule has 1 aromatic carbocycles. The molecule has 2 aromatic heterocycles. The number of likely N-dealkylation sites (N-methyl/N-ethyl adjacent to an activating group) is 1. The first kappa shape index (κ1) is 19.1. The zero-order valence-corrected chi connectivity index (χ0v) is 16.1. The van der Waals surface area contributed by atoms with Crippen molar-refractivity contribution in [3.8, 4) is 11.3 Å². The van der Waals surface area contributed by atoms with Crippen LogP contribution in [0.3, 0.4) is 0 Å². The van der Waals surface area contributed by atoms with Gasteiger partial charge in [0, 0.05) is 23.7 Å². The van der Waals surface area contributed by atoms with Crippen LogP contribution in [0.5, 0.6) is 0 Å². The minimum atomic E-state index is -0.355. The van der Waals surface area contributed by atoms with Crippen LogP contribution in [-0.2, 0) is 11.3 Å². The summed E-state index contributed by atoms with van der Waals surface area (Å²) >= 11 is 5.92. The molecular formula is C19H21ClN4O3. The van der Waals surface area contributed by atoms with Gasteiger partial charge in [-0.1, -0.05) is 42.2 Å². The predicted octanol–water partition coefficient (Wildman–Crippen LogP) is 3.35. The zero-order valence-electron chi connectivity index (χ0n) is 15.3. The van der Waals surface area contributed by atoms with Crippen LogP contribution in [0.4, 0.5) is 0 Å². The molecule has 3 aromatic rings. The van der Waals surface area contributed by atoms with E-state index >= 15 is 0 Å². The maximum atomic E-state index is 12.9. The third kappa shape index (κ3) is 4.03. The Balaban J connectivity index is 1.95. The lowest BCUT2D eigenvalue weighted by Gasteiger charge is -2.20. The summed E-state index contributed by atoms with van der Waals surface area (Å²) in [5.41, 5.74) is 0.872. The molecule has 0 fully saturated rings. The third-order valence-electron chi connectivity index (χ3n) is 4.40. The van der Waals surface area contributed by atoms with Gasteiger partial charge in [-0.25, -0.2) is 4.98 Å². The van der Waals surface area contributed by atoms with Gasteiger partial charge in [0.25, 0.3) is 11.3 Å². The van der Waals surface area contributed by atoms with Gasteiger partial charge in [0.15, 0.2) is 0 Å². The van der Waals surface area contributed by atoms with E-state index < -0.39 is 0 Å². The standard InChI is InChI=1S/C19H21ClN4O3/c1-3-5-10-23(4-2)15(25)11-24-12-21-18-16(19(24)26)17(22-27-18)13-6-8-14(20)9-7-13/h6-9,12H,3-5,10-11H2,1-2H3. The molecule has 2 heterocycles. The maximum Gasteiger partial charge on any atom is 0.267 e. The van der Waals surface area contributed by atoms with Crippen LogP contribution in [0.15, 0.2) is 39.9 Å². The molecule has 0 aliphatic rings. The highest BCUT2D eigenvalue weighted by atomic mass is 35.5. The van der Waals surface area contributed by atoms with Crippen molar-refractivity contribution in [2.45, 2.75) is 33.2 Å². The smallest absolute Gasteiger partial charge is 0.267 e. The minimum absolute atomic E-state index is 0.0649. The molecule has 7 nitrogen and oxygen atoms in total. The average Bonchev–Trinajstić information content (AvgIpc) is 3.10. The number of nitrogens with zero attached hydrogens (tertiary/aromatic N) is 4. The fourth-order valence-corrected chi connectivity index (χ4v) is 2.98. The lowest BCUT2D eigenvalue weighted by Crippen LogP contribution is -2.37. The highest BCUT2D eigenvalue weighted by Gasteiger charge is 2.19. The van der Waals surface area contributed by atoms with Crippen molar-refractivity contribution in [1.82, 2.24) is 19.6 Å². The van der Waals surface area contributed by atoms with E-state index in [1.165, 1.54) is 10.9 Å². The molecule has 0 radical (unpaired) electrons. The van der Waals surface area contributed by atoms with Crippen LogP contribution in [0, 0.1) is 0 Å². The molecular weight excluding hydrogens is 368 g/mol. The largest absolute Gasteiger partial charge is 0.341 e. The summed E-state index contributed by atoms with van der Waals surface area (Å²) in [6.45, 7) is 5.22. The Labute approximate surface area is 161 Å². The SMILES string of the molecule is CCCCN(CC)C(=O)Cn1cnc2onc(-c3ccc(Cl)cc3)c2c1=O. The molecule has 0 aliphatic carbocycles. The van der Waals surface area contributed by atoms with Gasteiger partial charge in [0.1, 0.15) is 24.0 Å². The van der Waals surface area contributed by atoms with Crippen molar-refractivity contribution < 1.29 is 9.32 Å². The molecule has 0 N–H and O–H groups in total. The molecule has 142 valence electrons. The Morgan fingerprint density at radius 2 is 2.00 bits per heavy atom. The second kappa shape index (κ2) is 8.35. The summed E-state index contributed by atoms with van der Waals surface area (Å²) in [6, 6.07) is 6.93. The van der Waals surface area contributed by atoms with Gasteiger partial charge in [0.2, 0.25) is 5.91 Å². The summed E-state index contributed by atoms with van der Waals surface area (Å²) in [5.74, 6) is -0.112. The van der Waals surface area contributed by atoms with E-state index in [0.717, 1.165) is 12.8 Å². The van der Waals surface area contributed by atoms with Gasteiger partial charge in [-0.3, -0.25) is 14.2 Å². The molecule has 0 atom stereocenters. The summed E-state index contributed by atoms with van der Waals surface area (Å²) in [5, 5.41) is 4.82. The Hall–Kier alpha value is -2.67. The second-order valence-electron chi connectivity index (χ2n) is 6.22. The van der Waals surface area contributed by atoms with Crippen molar-refractivity contribution in [1.29, 1.82) is 0 Å². The quantitative estimate of drug-likeness (QED) is 0.620. The molecule has 0 saturated carbocycles. The summed E-state index contributed by atoms with van der Waals surface area (Å²) < 4.78 is 6.49. The van der Waals surface area contributed by atoms with Crippen LogP contribution >= 0.6 is 11.6 Å². The van der Waals surface area contributed by atoms with E-state index in [9.17, 15) is 9.59 Å². The van der Waals surface area contributed by atoms with Gasteiger partial charge in [-0.2, -0.15) is 0 Å². The molecule has 27 heavy (non-hydrogen) atoms. The van der Waals surface area contributed by atoms with E-state index in [0.29, 0.717) is 29.4 Å². The first-order valence-corrected chi connectivity index (χ1v) is 9.31. The summed E-state index contributed by atoms with van der Waals surface area (Å²) in [4.78, 5) is 31.4. The predicted molar refractivity (Wildman–Crippen MR) is 104 cm³/mol. The van der Waals surface area contributed by atoms with E-state index in [4.69, 9.17) is 16.1 Å². The monoisotopic (exact) mass is 388 g/mol. The number of benzene rings is 1. The Morgan fingerprint density at radius 3 is 2.67 bits per heavy atom. The van der Waals surface area contributed by atoms with E-state index in [2.05, 4.69) is 17.1 Å². The first-order valence-electron chi connectivity index (χ1n) is 8.93. The number of fused-ring (bicyclic) bond motifs is 1. The highest BCUT2D eigenvalue weighted by molar-refractivity contribution is 6.30. The average molecular weight is 389 g/mol. The number of unbranched alkanes of at least 4 members (excludes halogenated alkanes) is 1. The minimum Gasteiger partial charge on any atom is -0.341 e. The Kier molecular flexibility index (Phi) is 5.91. The van der Waals surface area contributed by atoms with Gasteiger partial charge < -0.3 is 9.42 Å². The van der Waals surface area contributed by atoms with Gasteiger partial charge >= 0.3 is 0 Å². The van der Waals surface area contributed by atoms with Crippen LogP contribution in [0.2, 0.25) is 5.02 Å². The zero-order chi connectivity index (χ0) is 19.4. The number of carbonyl (C=O) groups excluding carboxylic acids is 1. The van der Waals surface area contributed by atoms with Crippen LogP contribution in [0.1, 0.15) is 26.7 Å². The van der Waals surface area contributed by atoms with Crippen molar-refractivity contribution in [2.75, 3.05) is 13.1 Å². The molecule has 8 heteroatoms. The van der Waals surface area contributed by atoms with Crippen molar-refractivity contribution in [3.05, 3.63) is 46.0 Å². The maximum absolute atomic E-state index is 12.9. The summed E-state index contributed by atoms with van der Waals surface area (Å²) in [7, 11) is 0. The van der Waals surface area contributed by atoms with Gasteiger partial charge in [-0.05, 0) is 25.5 Å². The first-order chi connectivity index (χ1) is 13.0. The van der Waals surface area contributed by atoms with Crippen molar-refractivity contribution in [2.24, 2.45) is 0 Å². The number of hydrogen-bond donors (Lipinski definition) is 0. The number of rotatable bonds is 7. The lowest BCUT2D eigenvalue weighted by molar-refractivity contribution is -0.131. The number of hydrogen-bond acceptors (Lipinski definition) is 5. The van der Waals surface area contributed by atoms with Crippen LogP contribution in [0.25, 0.3) is 22.4 Å². The fourth-order valence-electron chi connectivity index (χ4n) is 2.85. The van der Waals surface area contributed by atoms with Crippen molar-refractivity contribution >= 4 is 28.6 Å². The Morgan fingerprint density at radius 1 is 1.26 bits per heavy atom. The molecule has 1 amide bonds. The van der Waals surface area contributed by atoms with Gasteiger partial charge in [-0.15, -0.1) is 0 Å². The van der Waals surface area contributed by atoms with Crippen molar-refractivity contribution in [3.63, 3.8) is 0 Å². The number of amides is 1. The molecule has 3 rings (SSSR count). The lowest BCUT2D eigenvalue weighted by atomic mass is 10.1. The highest BCUT2D eigenvalue weighted by Crippen LogP contribution is 2.25. The van der Waals surface area contributed by atoms with Gasteiger partial charge in [0.05, 0.1) is 0 Å². The number of halogens is 1. The number of aromatic nitrogens is 3.